The zero-order valence-electron chi connectivity index (χ0n) is 8.17. The topological polar surface area (TPSA) is 20.2 Å². The third kappa shape index (κ3) is 0.891. The lowest BCUT2D eigenvalue weighted by atomic mass is 9.48. The molecule has 1 nitrogen and oxygen atoms in total. The highest BCUT2D eigenvalue weighted by Crippen LogP contribution is 2.59. The molecule has 1 N–H and O–H groups in total. The van der Waals surface area contributed by atoms with Crippen molar-refractivity contribution in [1.82, 2.24) is 0 Å². The van der Waals surface area contributed by atoms with E-state index in [1.54, 1.807) is 0 Å². The van der Waals surface area contributed by atoms with Gasteiger partial charge in [-0.1, -0.05) is 19.9 Å². The van der Waals surface area contributed by atoms with Crippen LogP contribution in [0.15, 0.2) is 11.6 Å². The number of aliphatic hydroxyl groups is 1. The molecular weight excluding hydrogens is 148 g/mol. The number of fused-ring (bicyclic) bond motifs is 1. The van der Waals surface area contributed by atoms with Gasteiger partial charge in [-0.15, -0.1) is 0 Å². The van der Waals surface area contributed by atoms with Crippen LogP contribution < -0.4 is 0 Å². The number of aliphatic hydroxyl groups excluding tert-OH is 1. The van der Waals surface area contributed by atoms with Gasteiger partial charge in [0.1, 0.15) is 0 Å². The Kier molecular flexibility index (Phi) is 1.63. The van der Waals surface area contributed by atoms with Crippen molar-refractivity contribution in [3.8, 4) is 0 Å². The Morgan fingerprint density at radius 3 is 2.58 bits per heavy atom. The molecule has 2 bridgehead atoms. The first-order chi connectivity index (χ1) is 5.53. The van der Waals surface area contributed by atoms with Crippen LogP contribution in [0.4, 0.5) is 0 Å². The lowest BCUT2D eigenvalue weighted by Gasteiger charge is -2.57. The summed E-state index contributed by atoms with van der Waals surface area (Å²) < 4.78 is 0. The molecule has 68 valence electrons. The van der Waals surface area contributed by atoms with E-state index < -0.39 is 0 Å². The van der Waals surface area contributed by atoms with Crippen LogP contribution in [0.25, 0.3) is 0 Å². The molecule has 1 heteroatoms. The molecule has 0 aromatic rings. The van der Waals surface area contributed by atoms with Crippen molar-refractivity contribution in [2.24, 2.45) is 17.3 Å². The molecule has 1 saturated carbocycles. The minimum Gasteiger partial charge on any atom is -0.389 e. The highest BCUT2D eigenvalue weighted by molar-refractivity contribution is 5.25. The first-order valence-electron chi connectivity index (χ1n) is 4.91. The van der Waals surface area contributed by atoms with Crippen LogP contribution in [-0.2, 0) is 0 Å². The fourth-order valence-corrected chi connectivity index (χ4v) is 2.86. The molecule has 0 aliphatic heterocycles. The summed E-state index contributed by atoms with van der Waals surface area (Å²) in [5, 5.41) is 9.54. The Balaban J connectivity index is 2.24. The van der Waals surface area contributed by atoms with Crippen molar-refractivity contribution in [1.29, 1.82) is 0 Å². The number of hydrogen-bond acceptors (Lipinski definition) is 1. The molecule has 0 heterocycles. The number of allylic oxidation sites excluding steroid dienone is 1. The van der Waals surface area contributed by atoms with E-state index >= 15 is 0 Å². The van der Waals surface area contributed by atoms with E-state index in [0.717, 1.165) is 5.92 Å². The summed E-state index contributed by atoms with van der Waals surface area (Å²) in [6, 6.07) is 0. The Hall–Kier alpha value is -0.300. The van der Waals surface area contributed by atoms with Gasteiger partial charge in [0.15, 0.2) is 0 Å². The molecule has 1 unspecified atom stereocenters. The molecule has 12 heavy (non-hydrogen) atoms. The monoisotopic (exact) mass is 166 g/mol. The summed E-state index contributed by atoms with van der Waals surface area (Å²) in [5.74, 6) is 1.54. The lowest BCUT2D eigenvalue weighted by molar-refractivity contribution is -0.0198. The first kappa shape index (κ1) is 8.31. The van der Waals surface area contributed by atoms with Gasteiger partial charge in [-0.2, -0.15) is 0 Å². The minimum atomic E-state index is -0.226. The minimum absolute atomic E-state index is 0.226. The largest absolute Gasteiger partial charge is 0.389 e. The molecule has 0 radical (unpaired) electrons. The van der Waals surface area contributed by atoms with E-state index in [1.165, 1.54) is 18.4 Å². The Labute approximate surface area is 74.5 Å². The second-order valence-corrected chi connectivity index (χ2v) is 4.92. The van der Waals surface area contributed by atoms with Gasteiger partial charge in [0.05, 0.1) is 6.10 Å². The van der Waals surface area contributed by atoms with E-state index in [0.29, 0.717) is 11.3 Å². The Morgan fingerprint density at radius 2 is 2.25 bits per heavy atom. The quantitative estimate of drug-likeness (QED) is 0.593. The van der Waals surface area contributed by atoms with Crippen LogP contribution in [0.1, 0.15) is 33.6 Å². The third-order valence-electron chi connectivity index (χ3n) is 3.99. The summed E-state index contributed by atoms with van der Waals surface area (Å²) >= 11 is 0. The highest BCUT2D eigenvalue weighted by atomic mass is 16.3. The molecule has 3 aliphatic carbocycles. The number of hydrogen-bond donors (Lipinski definition) is 1. The van der Waals surface area contributed by atoms with E-state index in [2.05, 4.69) is 19.9 Å². The summed E-state index contributed by atoms with van der Waals surface area (Å²) in [5.41, 5.74) is 1.75. The van der Waals surface area contributed by atoms with Crippen molar-refractivity contribution in [3.63, 3.8) is 0 Å². The average molecular weight is 166 g/mol. The molecule has 0 amide bonds. The van der Waals surface area contributed by atoms with Gasteiger partial charge >= 0.3 is 0 Å². The maximum atomic E-state index is 9.54. The summed E-state index contributed by atoms with van der Waals surface area (Å²) in [7, 11) is 0. The van der Waals surface area contributed by atoms with E-state index in [1.807, 2.05) is 6.92 Å². The normalized spacial score (nSPS) is 39.8. The molecule has 0 aromatic heterocycles. The van der Waals surface area contributed by atoms with Gasteiger partial charge < -0.3 is 5.11 Å². The van der Waals surface area contributed by atoms with Gasteiger partial charge in [0.2, 0.25) is 0 Å². The predicted molar refractivity (Wildman–Crippen MR) is 49.8 cm³/mol. The van der Waals surface area contributed by atoms with Gasteiger partial charge in [0.25, 0.3) is 0 Å². The molecule has 0 aromatic carbocycles. The SMILES string of the molecule is CC(O)C1=CC[C@@H]2C[C@H]1C2(C)C. The fraction of sp³-hybridized carbons (Fsp3) is 0.818. The van der Waals surface area contributed by atoms with Gasteiger partial charge in [-0.3, -0.25) is 0 Å². The molecule has 1 fully saturated rings. The van der Waals surface area contributed by atoms with E-state index in [-0.39, 0.29) is 6.10 Å². The van der Waals surface area contributed by atoms with E-state index in [9.17, 15) is 5.11 Å². The highest BCUT2D eigenvalue weighted by Gasteiger charge is 2.51. The first-order valence-corrected chi connectivity index (χ1v) is 4.91. The smallest absolute Gasteiger partial charge is 0.0724 e. The molecule has 0 saturated heterocycles. The van der Waals surface area contributed by atoms with Crippen LogP contribution in [0.5, 0.6) is 0 Å². The van der Waals surface area contributed by atoms with Crippen LogP contribution >= 0.6 is 0 Å². The lowest BCUT2D eigenvalue weighted by Crippen LogP contribution is -2.49. The molecule has 3 rings (SSSR count). The zero-order chi connectivity index (χ0) is 8.93. The Morgan fingerprint density at radius 1 is 1.58 bits per heavy atom. The second kappa shape index (κ2) is 2.35. The maximum absolute atomic E-state index is 9.54. The standard InChI is InChI=1S/C11H18O/c1-7(12)9-5-4-8-6-10(9)11(8,2)3/h5,7-8,10,12H,4,6H2,1-3H3/t7?,8-,10-/m1/s1. The van der Waals surface area contributed by atoms with Crippen molar-refractivity contribution in [3.05, 3.63) is 11.6 Å². The van der Waals surface area contributed by atoms with Gasteiger partial charge in [0, 0.05) is 0 Å². The van der Waals surface area contributed by atoms with Gasteiger partial charge in [-0.05, 0) is 42.6 Å². The molecule has 3 atom stereocenters. The molecule has 3 aliphatic rings. The fourth-order valence-electron chi connectivity index (χ4n) is 2.86. The summed E-state index contributed by atoms with van der Waals surface area (Å²) in [4.78, 5) is 0. The van der Waals surface area contributed by atoms with Gasteiger partial charge in [-0.25, -0.2) is 0 Å². The third-order valence-corrected chi connectivity index (χ3v) is 3.99. The van der Waals surface area contributed by atoms with E-state index in [4.69, 9.17) is 0 Å². The van der Waals surface area contributed by atoms with Crippen LogP contribution in [0, 0.1) is 17.3 Å². The van der Waals surface area contributed by atoms with Crippen LogP contribution in [0.2, 0.25) is 0 Å². The van der Waals surface area contributed by atoms with Crippen LogP contribution in [-0.4, -0.2) is 11.2 Å². The maximum Gasteiger partial charge on any atom is 0.0724 e. The summed E-state index contributed by atoms with van der Waals surface area (Å²) in [6.07, 6.45) is 4.53. The molecular formula is C11H18O. The van der Waals surface area contributed by atoms with Crippen LogP contribution in [0.3, 0.4) is 0 Å². The van der Waals surface area contributed by atoms with Crippen molar-refractivity contribution >= 4 is 0 Å². The molecule has 0 spiro atoms. The Bertz CT molecular complexity index is 225. The van der Waals surface area contributed by atoms with Crippen molar-refractivity contribution < 1.29 is 5.11 Å². The number of rotatable bonds is 1. The van der Waals surface area contributed by atoms with Crippen molar-refractivity contribution in [2.45, 2.75) is 39.7 Å². The predicted octanol–water partition coefficient (Wildman–Crippen LogP) is 2.36. The average Bonchev–Trinajstić information content (AvgIpc) is 2.04. The summed E-state index contributed by atoms with van der Waals surface area (Å²) in [6.45, 7) is 6.56. The zero-order valence-corrected chi connectivity index (χ0v) is 8.17. The van der Waals surface area contributed by atoms with Crippen molar-refractivity contribution in [2.75, 3.05) is 0 Å². The second-order valence-electron chi connectivity index (χ2n) is 4.92.